The summed E-state index contributed by atoms with van der Waals surface area (Å²) in [5, 5.41) is 13.1. The topological polar surface area (TPSA) is 92.4 Å². The predicted octanol–water partition coefficient (Wildman–Crippen LogP) is 1.82. The molecule has 0 saturated carbocycles. The third kappa shape index (κ3) is 2.23. The maximum absolute atomic E-state index is 13.4. The normalized spacial score (nSPS) is 19.6. The summed E-state index contributed by atoms with van der Waals surface area (Å²) in [6.45, 7) is 0. The fourth-order valence-corrected chi connectivity index (χ4v) is 2.49. The molecular formula is C16H13FN2O3. The fourth-order valence-electron chi connectivity index (χ4n) is 2.49. The van der Waals surface area contributed by atoms with Crippen molar-refractivity contribution in [3.05, 3.63) is 59.4 Å². The SMILES string of the molecule is Nc1ccc(C(=O)C[C@]2(O)C(=O)Nc3ccc(F)cc32)cc1. The molecule has 0 aliphatic carbocycles. The van der Waals surface area contributed by atoms with Gasteiger partial charge in [-0.1, -0.05) is 0 Å². The molecule has 22 heavy (non-hydrogen) atoms. The minimum atomic E-state index is -2.07. The summed E-state index contributed by atoms with van der Waals surface area (Å²) in [5.74, 6) is -1.76. The quantitative estimate of drug-likeness (QED) is 0.595. The Labute approximate surface area is 125 Å². The molecule has 0 radical (unpaired) electrons. The van der Waals surface area contributed by atoms with E-state index in [0.29, 0.717) is 16.9 Å². The lowest BCUT2D eigenvalue weighted by atomic mass is 9.88. The van der Waals surface area contributed by atoms with Crippen molar-refractivity contribution in [2.24, 2.45) is 0 Å². The number of carbonyl (C=O) groups excluding carboxylic acids is 2. The number of halogens is 1. The van der Waals surface area contributed by atoms with Crippen LogP contribution in [0.25, 0.3) is 0 Å². The zero-order valence-electron chi connectivity index (χ0n) is 11.5. The summed E-state index contributed by atoms with van der Waals surface area (Å²) in [7, 11) is 0. The molecule has 2 aromatic rings. The van der Waals surface area contributed by atoms with Gasteiger partial charge in [-0.05, 0) is 42.5 Å². The van der Waals surface area contributed by atoms with Gasteiger partial charge >= 0.3 is 0 Å². The first-order chi connectivity index (χ1) is 10.4. The van der Waals surface area contributed by atoms with Gasteiger partial charge in [0.1, 0.15) is 5.82 Å². The van der Waals surface area contributed by atoms with Crippen LogP contribution >= 0.6 is 0 Å². The van der Waals surface area contributed by atoms with Crippen LogP contribution in [-0.2, 0) is 10.4 Å². The summed E-state index contributed by atoms with van der Waals surface area (Å²) in [6.07, 6.45) is -0.473. The number of nitrogen functional groups attached to an aromatic ring is 1. The highest BCUT2D eigenvalue weighted by molar-refractivity contribution is 6.09. The molecule has 2 aromatic carbocycles. The summed E-state index contributed by atoms with van der Waals surface area (Å²) in [6, 6.07) is 9.73. The van der Waals surface area contributed by atoms with Crippen molar-refractivity contribution in [3.8, 4) is 0 Å². The Hall–Kier alpha value is -2.73. The van der Waals surface area contributed by atoms with Crippen LogP contribution in [0.1, 0.15) is 22.3 Å². The second-order valence-corrected chi connectivity index (χ2v) is 5.23. The first-order valence-corrected chi connectivity index (χ1v) is 6.63. The Balaban J connectivity index is 1.94. The van der Waals surface area contributed by atoms with E-state index in [2.05, 4.69) is 5.32 Å². The van der Waals surface area contributed by atoms with Gasteiger partial charge in [0.25, 0.3) is 5.91 Å². The lowest BCUT2D eigenvalue weighted by molar-refractivity contribution is -0.133. The van der Waals surface area contributed by atoms with Gasteiger partial charge in [-0.15, -0.1) is 0 Å². The molecule has 6 heteroatoms. The van der Waals surface area contributed by atoms with Crippen molar-refractivity contribution in [1.82, 2.24) is 0 Å². The van der Waals surface area contributed by atoms with Gasteiger partial charge in [0.05, 0.1) is 6.42 Å². The first-order valence-electron chi connectivity index (χ1n) is 6.63. The van der Waals surface area contributed by atoms with Gasteiger partial charge in [0.2, 0.25) is 0 Å². The van der Waals surface area contributed by atoms with Gasteiger partial charge in [0, 0.05) is 22.5 Å². The highest BCUT2D eigenvalue weighted by Crippen LogP contribution is 2.39. The largest absolute Gasteiger partial charge is 0.399 e. The summed E-state index contributed by atoms with van der Waals surface area (Å²) < 4.78 is 13.4. The van der Waals surface area contributed by atoms with Crippen LogP contribution in [0.15, 0.2) is 42.5 Å². The van der Waals surface area contributed by atoms with Crippen LogP contribution in [0, 0.1) is 5.82 Å². The monoisotopic (exact) mass is 300 g/mol. The molecule has 1 atom stereocenters. The van der Waals surface area contributed by atoms with Crippen molar-refractivity contribution in [2.75, 3.05) is 11.1 Å². The molecule has 0 aromatic heterocycles. The van der Waals surface area contributed by atoms with Crippen LogP contribution < -0.4 is 11.1 Å². The van der Waals surface area contributed by atoms with Crippen LogP contribution in [0.2, 0.25) is 0 Å². The number of carbonyl (C=O) groups is 2. The molecule has 5 nitrogen and oxygen atoms in total. The van der Waals surface area contributed by atoms with E-state index in [1.807, 2.05) is 0 Å². The number of ketones is 1. The van der Waals surface area contributed by atoms with E-state index in [1.54, 1.807) is 12.1 Å². The summed E-state index contributed by atoms with van der Waals surface area (Å²) in [4.78, 5) is 24.3. The fraction of sp³-hybridized carbons (Fsp3) is 0.125. The Morgan fingerprint density at radius 2 is 1.91 bits per heavy atom. The number of fused-ring (bicyclic) bond motifs is 1. The first kappa shape index (κ1) is 14.2. The molecule has 0 spiro atoms. The van der Waals surface area contributed by atoms with Gasteiger partial charge in [-0.3, -0.25) is 9.59 Å². The number of anilines is 2. The number of nitrogens with one attached hydrogen (secondary N) is 1. The number of rotatable bonds is 3. The van der Waals surface area contributed by atoms with E-state index in [4.69, 9.17) is 5.73 Å². The molecule has 0 bridgehead atoms. The summed E-state index contributed by atoms with van der Waals surface area (Å²) >= 11 is 0. The second kappa shape index (κ2) is 4.92. The third-order valence-electron chi connectivity index (χ3n) is 3.70. The third-order valence-corrected chi connectivity index (χ3v) is 3.70. The minimum Gasteiger partial charge on any atom is -0.399 e. The number of hydrogen-bond donors (Lipinski definition) is 3. The Morgan fingerprint density at radius 1 is 1.23 bits per heavy atom. The summed E-state index contributed by atoms with van der Waals surface area (Å²) in [5.41, 5.74) is 4.67. The van der Waals surface area contributed by atoms with Crippen LogP contribution in [0.4, 0.5) is 15.8 Å². The number of benzene rings is 2. The van der Waals surface area contributed by atoms with E-state index in [1.165, 1.54) is 24.3 Å². The average Bonchev–Trinajstić information content (AvgIpc) is 2.71. The highest BCUT2D eigenvalue weighted by atomic mass is 19.1. The number of aliphatic hydroxyl groups is 1. The molecule has 1 aliphatic heterocycles. The highest BCUT2D eigenvalue weighted by Gasteiger charge is 2.47. The molecule has 3 rings (SSSR count). The van der Waals surface area contributed by atoms with Crippen molar-refractivity contribution in [2.45, 2.75) is 12.0 Å². The van der Waals surface area contributed by atoms with Crippen LogP contribution in [0.5, 0.6) is 0 Å². The number of hydrogen-bond acceptors (Lipinski definition) is 4. The van der Waals surface area contributed by atoms with Crippen molar-refractivity contribution < 1.29 is 19.1 Å². The molecule has 1 heterocycles. The van der Waals surface area contributed by atoms with Crippen molar-refractivity contribution >= 4 is 23.1 Å². The van der Waals surface area contributed by atoms with Crippen LogP contribution in [-0.4, -0.2) is 16.8 Å². The maximum atomic E-state index is 13.4. The molecule has 0 fully saturated rings. The van der Waals surface area contributed by atoms with E-state index >= 15 is 0 Å². The van der Waals surface area contributed by atoms with Gasteiger partial charge in [-0.25, -0.2) is 4.39 Å². The van der Waals surface area contributed by atoms with E-state index in [0.717, 1.165) is 6.07 Å². The van der Waals surface area contributed by atoms with E-state index in [9.17, 15) is 19.1 Å². The molecule has 0 unspecified atom stereocenters. The second-order valence-electron chi connectivity index (χ2n) is 5.23. The van der Waals surface area contributed by atoms with E-state index in [-0.39, 0.29) is 5.56 Å². The van der Waals surface area contributed by atoms with Crippen molar-refractivity contribution in [3.63, 3.8) is 0 Å². The number of Topliss-reactive ketones (excluding diaryl/α,β-unsaturated/α-hetero) is 1. The molecular weight excluding hydrogens is 287 g/mol. The number of nitrogens with two attached hydrogens (primary N) is 1. The molecule has 112 valence electrons. The lowest BCUT2D eigenvalue weighted by Crippen LogP contribution is -2.36. The zero-order valence-corrected chi connectivity index (χ0v) is 11.5. The Kier molecular flexibility index (Phi) is 3.18. The van der Waals surface area contributed by atoms with Gasteiger partial charge < -0.3 is 16.2 Å². The zero-order chi connectivity index (χ0) is 15.9. The average molecular weight is 300 g/mol. The Morgan fingerprint density at radius 3 is 2.59 bits per heavy atom. The molecule has 1 aliphatic rings. The van der Waals surface area contributed by atoms with E-state index < -0.39 is 29.5 Å². The standard InChI is InChI=1S/C16H13FN2O3/c17-10-3-6-13-12(7-10)16(22,15(21)19-13)8-14(20)9-1-4-11(18)5-2-9/h1-7,22H,8,18H2,(H,19,21)/t16-/m1/s1. The molecule has 4 N–H and O–H groups in total. The van der Waals surface area contributed by atoms with Crippen LogP contribution in [0.3, 0.4) is 0 Å². The minimum absolute atomic E-state index is 0.0706. The van der Waals surface area contributed by atoms with Crippen molar-refractivity contribution in [1.29, 1.82) is 0 Å². The predicted molar refractivity (Wildman–Crippen MR) is 78.7 cm³/mol. The smallest absolute Gasteiger partial charge is 0.261 e. The lowest BCUT2D eigenvalue weighted by Gasteiger charge is -2.20. The molecule has 0 saturated heterocycles. The molecule has 1 amide bonds. The van der Waals surface area contributed by atoms with Gasteiger partial charge in [0.15, 0.2) is 11.4 Å². The van der Waals surface area contributed by atoms with Gasteiger partial charge in [-0.2, -0.15) is 0 Å². The maximum Gasteiger partial charge on any atom is 0.261 e. The Bertz CT molecular complexity index is 773. The number of amides is 1.